The lowest BCUT2D eigenvalue weighted by atomic mass is 10.2. The highest BCUT2D eigenvalue weighted by molar-refractivity contribution is 7.89. The van der Waals surface area contributed by atoms with Crippen LogP contribution in [0.15, 0.2) is 40.7 Å². The maximum Gasteiger partial charge on any atom is 0.251 e. The zero-order chi connectivity index (χ0) is 17.7. The number of aromatic nitrogens is 1. The largest absolute Gasteiger partial charge is 0.348 e. The fourth-order valence-corrected chi connectivity index (χ4v) is 4.30. The molecule has 1 aromatic carbocycles. The third-order valence-corrected chi connectivity index (χ3v) is 6.21. The molecule has 9 heteroatoms. The highest BCUT2D eigenvalue weighted by Crippen LogP contribution is 2.13. The number of benzene rings is 1. The van der Waals surface area contributed by atoms with Crippen LogP contribution in [0.2, 0.25) is 0 Å². The summed E-state index contributed by atoms with van der Waals surface area (Å²) >= 11 is 1.49. The van der Waals surface area contributed by atoms with Gasteiger partial charge in [0.25, 0.3) is 5.91 Å². The summed E-state index contributed by atoms with van der Waals surface area (Å²) in [6, 6.07) is 6.18. The van der Waals surface area contributed by atoms with Gasteiger partial charge in [0, 0.05) is 42.7 Å². The Morgan fingerprint density at radius 1 is 1.40 bits per heavy atom. The molecule has 3 N–H and O–H groups in total. The van der Waals surface area contributed by atoms with E-state index in [1.807, 2.05) is 5.38 Å². The molecule has 2 aromatic rings. The van der Waals surface area contributed by atoms with Crippen LogP contribution in [0.1, 0.15) is 21.8 Å². The van der Waals surface area contributed by atoms with Crippen molar-refractivity contribution in [3.05, 3.63) is 46.4 Å². The smallest absolute Gasteiger partial charge is 0.251 e. The average molecular weight is 380 g/mol. The van der Waals surface area contributed by atoms with Crippen molar-refractivity contribution >= 4 is 27.3 Å². The molecule has 1 amide bonds. The lowest BCUT2D eigenvalue weighted by Crippen LogP contribution is -2.36. The fourth-order valence-electron chi connectivity index (χ4n) is 2.60. The first kappa shape index (κ1) is 18.0. The molecule has 1 saturated heterocycles. The molecule has 0 radical (unpaired) electrons. The average Bonchev–Trinajstić information content (AvgIpc) is 3.29. The van der Waals surface area contributed by atoms with Crippen LogP contribution in [0.5, 0.6) is 0 Å². The number of nitrogens with one attached hydrogen (secondary N) is 3. The van der Waals surface area contributed by atoms with Gasteiger partial charge in [-0.3, -0.25) is 4.79 Å². The molecule has 134 valence electrons. The minimum Gasteiger partial charge on any atom is -0.348 e. The summed E-state index contributed by atoms with van der Waals surface area (Å²) in [5, 5.41) is 8.82. The van der Waals surface area contributed by atoms with E-state index in [9.17, 15) is 13.2 Å². The first-order valence-corrected chi connectivity index (χ1v) is 10.4. The normalized spacial score (nSPS) is 17.5. The van der Waals surface area contributed by atoms with Gasteiger partial charge in [-0.15, -0.1) is 11.3 Å². The summed E-state index contributed by atoms with van der Waals surface area (Å²) in [5.41, 5.74) is 0.342. The van der Waals surface area contributed by atoms with Gasteiger partial charge in [0.1, 0.15) is 0 Å². The molecule has 3 rings (SSSR count). The van der Waals surface area contributed by atoms with Gasteiger partial charge in [-0.05, 0) is 31.2 Å². The Morgan fingerprint density at radius 3 is 3.00 bits per heavy atom. The maximum absolute atomic E-state index is 12.4. The van der Waals surface area contributed by atoms with Gasteiger partial charge in [-0.25, -0.2) is 18.1 Å². The van der Waals surface area contributed by atoms with Crippen molar-refractivity contribution in [2.45, 2.75) is 23.8 Å². The van der Waals surface area contributed by atoms with Gasteiger partial charge in [0.2, 0.25) is 10.0 Å². The standard InChI is InChI=1S/C16H20N4O3S2/c21-16(20-13-4-6-17-11-13)12-2-1-3-14(10-12)25(22,23)19-7-5-15-18-8-9-24-15/h1-3,8-10,13,17,19H,4-7,11H2,(H,20,21)/t13-/m0/s1. The van der Waals surface area contributed by atoms with Crippen molar-refractivity contribution < 1.29 is 13.2 Å². The van der Waals surface area contributed by atoms with E-state index >= 15 is 0 Å². The summed E-state index contributed by atoms with van der Waals surface area (Å²) in [6.45, 7) is 1.88. The van der Waals surface area contributed by atoms with Crippen molar-refractivity contribution in [3.63, 3.8) is 0 Å². The molecule has 7 nitrogen and oxygen atoms in total. The van der Waals surface area contributed by atoms with Crippen LogP contribution in [0.4, 0.5) is 0 Å². The minimum atomic E-state index is -3.66. The van der Waals surface area contributed by atoms with Crippen LogP contribution in [-0.4, -0.2) is 45.0 Å². The lowest BCUT2D eigenvalue weighted by Gasteiger charge is -2.12. The predicted molar refractivity (Wildman–Crippen MR) is 96.2 cm³/mol. The molecule has 1 atom stereocenters. The number of sulfonamides is 1. The fraction of sp³-hybridized carbons (Fsp3) is 0.375. The number of hydrogen-bond acceptors (Lipinski definition) is 6. The minimum absolute atomic E-state index is 0.0869. The third kappa shape index (κ3) is 4.85. The van der Waals surface area contributed by atoms with Gasteiger partial charge in [-0.1, -0.05) is 6.07 Å². The Bertz CT molecular complexity index is 816. The van der Waals surface area contributed by atoms with E-state index in [2.05, 4.69) is 20.3 Å². The van der Waals surface area contributed by atoms with Crippen LogP contribution in [-0.2, 0) is 16.4 Å². The Balaban J connectivity index is 1.63. The van der Waals surface area contributed by atoms with Crippen molar-refractivity contribution in [1.29, 1.82) is 0 Å². The molecule has 1 aromatic heterocycles. The molecule has 0 spiro atoms. The molecule has 0 saturated carbocycles. The Hall–Kier alpha value is -1.81. The molecule has 0 bridgehead atoms. The van der Waals surface area contributed by atoms with Crippen LogP contribution < -0.4 is 15.4 Å². The summed E-state index contributed by atoms with van der Waals surface area (Å²) in [6.07, 6.45) is 3.10. The van der Waals surface area contributed by atoms with Crippen molar-refractivity contribution in [2.75, 3.05) is 19.6 Å². The molecule has 2 heterocycles. The van der Waals surface area contributed by atoms with Crippen LogP contribution in [0.25, 0.3) is 0 Å². The van der Waals surface area contributed by atoms with Crippen molar-refractivity contribution in [3.8, 4) is 0 Å². The molecule has 25 heavy (non-hydrogen) atoms. The number of carbonyl (C=O) groups excluding carboxylic acids is 1. The number of hydrogen-bond donors (Lipinski definition) is 3. The molecule has 0 aliphatic carbocycles. The molecular formula is C16H20N4O3S2. The summed E-state index contributed by atoms with van der Waals surface area (Å²) in [7, 11) is -3.66. The van der Waals surface area contributed by atoms with Gasteiger partial charge in [0.05, 0.1) is 9.90 Å². The SMILES string of the molecule is O=C(N[C@H]1CCNC1)c1cccc(S(=O)(=O)NCCc2nccs2)c1. The third-order valence-electron chi connectivity index (χ3n) is 3.92. The Labute approximate surface area is 150 Å². The number of thiazole rings is 1. The van der Waals surface area contributed by atoms with Gasteiger partial charge in [0.15, 0.2) is 0 Å². The van der Waals surface area contributed by atoms with Crippen LogP contribution in [0.3, 0.4) is 0 Å². The summed E-state index contributed by atoms with van der Waals surface area (Å²) in [4.78, 5) is 16.5. The van der Waals surface area contributed by atoms with E-state index in [0.29, 0.717) is 12.0 Å². The molecule has 1 aliphatic heterocycles. The molecule has 0 unspecified atom stereocenters. The molecular weight excluding hydrogens is 360 g/mol. The van der Waals surface area contributed by atoms with E-state index < -0.39 is 10.0 Å². The second-order valence-corrected chi connectivity index (χ2v) is 8.51. The van der Waals surface area contributed by atoms with Gasteiger partial charge in [-0.2, -0.15) is 0 Å². The van der Waals surface area contributed by atoms with Crippen LogP contribution in [0, 0.1) is 0 Å². The number of rotatable bonds is 7. The maximum atomic E-state index is 12.4. The Morgan fingerprint density at radius 2 is 2.28 bits per heavy atom. The second kappa shape index (κ2) is 8.05. The monoisotopic (exact) mass is 380 g/mol. The van der Waals surface area contributed by atoms with Crippen molar-refractivity contribution in [1.82, 2.24) is 20.3 Å². The van der Waals surface area contributed by atoms with Gasteiger partial charge >= 0.3 is 0 Å². The summed E-state index contributed by atoms with van der Waals surface area (Å²) < 4.78 is 27.4. The van der Waals surface area contributed by atoms with E-state index in [4.69, 9.17) is 0 Å². The quantitative estimate of drug-likeness (QED) is 0.658. The van der Waals surface area contributed by atoms with E-state index in [-0.39, 0.29) is 23.4 Å². The number of nitrogens with zero attached hydrogens (tertiary/aromatic N) is 1. The predicted octanol–water partition coefficient (Wildman–Crippen LogP) is 0.756. The second-order valence-electron chi connectivity index (χ2n) is 5.76. The molecule has 1 aliphatic rings. The van der Waals surface area contributed by atoms with Crippen LogP contribution >= 0.6 is 11.3 Å². The van der Waals surface area contributed by atoms with E-state index in [1.165, 1.54) is 23.5 Å². The first-order valence-electron chi connectivity index (χ1n) is 8.04. The lowest BCUT2D eigenvalue weighted by molar-refractivity contribution is 0.0940. The number of amides is 1. The van der Waals surface area contributed by atoms with E-state index in [0.717, 1.165) is 24.5 Å². The topological polar surface area (TPSA) is 100 Å². The number of carbonyl (C=O) groups is 1. The Kier molecular flexibility index (Phi) is 5.79. The first-order chi connectivity index (χ1) is 12.0. The summed E-state index contributed by atoms with van der Waals surface area (Å²) in [5.74, 6) is -0.256. The zero-order valence-electron chi connectivity index (χ0n) is 13.6. The zero-order valence-corrected chi connectivity index (χ0v) is 15.2. The molecule has 1 fully saturated rings. The highest BCUT2D eigenvalue weighted by atomic mass is 32.2. The van der Waals surface area contributed by atoms with Crippen molar-refractivity contribution in [2.24, 2.45) is 0 Å². The highest BCUT2D eigenvalue weighted by Gasteiger charge is 2.19. The van der Waals surface area contributed by atoms with E-state index in [1.54, 1.807) is 18.3 Å². The van der Waals surface area contributed by atoms with Gasteiger partial charge < -0.3 is 10.6 Å².